The normalized spacial score (nSPS) is 21.8. The summed E-state index contributed by atoms with van der Waals surface area (Å²) in [4.78, 5) is 39.5. The predicted molar refractivity (Wildman–Crippen MR) is 94.5 cm³/mol. The van der Waals surface area contributed by atoms with Crippen molar-refractivity contribution in [2.75, 3.05) is 11.9 Å². The van der Waals surface area contributed by atoms with E-state index in [1.807, 2.05) is 0 Å². The minimum atomic E-state index is -0.871. The molecule has 1 aliphatic rings. The van der Waals surface area contributed by atoms with Crippen molar-refractivity contribution in [1.29, 1.82) is 0 Å². The van der Waals surface area contributed by atoms with Crippen molar-refractivity contribution < 1.29 is 24.5 Å². The lowest BCUT2D eigenvalue weighted by molar-refractivity contribution is -0.0458. The van der Waals surface area contributed by atoms with Crippen molar-refractivity contribution in [2.45, 2.75) is 31.8 Å². The number of rotatable bonds is 5. The highest BCUT2D eigenvalue weighted by molar-refractivity contribution is 6.04. The van der Waals surface area contributed by atoms with Crippen LogP contribution in [-0.4, -0.2) is 50.3 Å². The number of aromatic nitrogens is 2. The minimum Gasteiger partial charge on any atom is -0.394 e. The van der Waals surface area contributed by atoms with Gasteiger partial charge >= 0.3 is 5.69 Å². The number of nitrogens with one attached hydrogen (secondary N) is 1. The molecule has 3 rings (SSSR count). The van der Waals surface area contributed by atoms with Crippen LogP contribution in [0.15, 0.2) is 41.3 Å². The number of ketones is 1. The molecular formula is C18H19N3O6. The maximum atomic E-state index is 12.2. The lowest BCUT2D eigenvalue weighted by atomic mass is 10.1. The molecule has 9 nitrogen and oxygen atoms in total. The number of nitrogens with zero attached hydrogens (tertiary/aromatic N) is 2. The molecule has 0 spiro atoms. The molecule has 1 amide bonds. The Kier molecular flexibility index (Phi) is 5.45. The van der Waals surface area contributed by atoms with Crippen LogP contribution in [0.25, 0.3) is 0 Å². The zero-order valence-corrected chi connectivity index (χ0v) is 14.5. The van der Waals surface area contributed by atoms with E-state index in [-0.39, 0.29) is 24.6 Å². The molecule has 0 aliphatic carbocycles. The predicted octanol–water partition coefficient (Wildman–Crippen LogP) is 0.339. The third-order valence-corrected chi connectivity index (χ3v) is 4.32. The standard InChI is InChI=1S/C18H19N3O6/c1-10(23)11-2-4-12(5-3-11)17(25)19-15-6-7-21(18(26)20-15)16-8-13(24)14(9-22)27-16/h2-7,13-14,16,22,24H,8-9H2,1H3,(H,19,20,25,26)/t13-,14-,16-/m1/s1. The van der Waals surface area contributed by atoms with Crippen LogP contribution < -0.4 is 11.0 Å². The van der Waals surface area contributed by atoms with Crippen molar-refractivity contribution in [3.8, 4) is 0 Å². The SMILES string of the molecule is CC(=O)c1ccc(C(=O)Nc2ccn([C@H]3C[C@@H](O)[C@@H](CO)O3)c(=O)n2)cc1. The zero-order chi connectivity index (χ0) is 19.6. The van der Waals surface area contributed by atoms with E-state index in [2.05, 4.69) is 10.3 Å². The van der Waals surface area contributed by atoms with Crippen molar-refractivity contribution in [3.63, 3.8) is 0 Å². The number of ether oxygens (including phenoxy) is 1. The number of amides is 1. The lowest BCUT2D eigenvalue weighted by Gasteiger charge is -2.14. The summed E-state index contributed by atoms with van der Waals surface area (Å²) in [6.07, 6.45) is -0.799. The fraction of sp³-hybridized carbons (Fsp3) is 0.333. The number of anilines is 1. The molecule has 142 valence electrons. The van der Waals surface area contributed by atoms with E-state index in [1.54, 1.807) is 12.1 Å². The fourth-order valence-corrected chi connectivity index (χ4v) is 2.80. The quantitative estimate of drug-likeness (QED) is 0.644. The molecule has 0 radical (unpaired) electrons. The Morgan fingerprint density at radius 1 is 1.26 bits per heavy atom. The fourth-order valence-electron chi connectivity index (χ4n) is 2.80. The number of carbonyl (C=O) groups is 2. The maximum absolute atomic E-state index is 12.2. The molecule has 2 heterocycles. The van der Waals surface area contributed by atoms with Gasteiger partial charge in [-0.25, -0.2) is 4.79 Å². The molecule has 1 saturated heterocycles. The Labute approximate surface area is 154 Å². The van der Waals surface area contributed by atoms with E-state index < -0.39 is 30.0 Å². The number of aliphatic hydroxyl groups is 2. The van der Waals surface area contributed by atoms with Crippen LogP contribution in [0.3, 0.4) is 0 Å². The third-order valence-electron chi connectivity index (χ3n) is 4.32. The third kappa shape index (κ3) is 4.11. The molecule has 1 aromatic heterocycles. The largest absolute Gasteiger partial charge is 0.394 e. The van der Waals surface area contributed by atoms with E-state index in [0.717, 1.165) is 0 Å². The van der Waals surface area contributed by atoms with Gasteiger partial charge in [-0.1, -0.05) is 12.1 Å². The van der Waals surface area contributed by atoms with Crippen LogP contribution in [0, 0.1) is 0 Å². The number of aliphatic hydroxyl groups excluding tert-OH is 2. The second-order valence-electron chi connectivity index (χ2n) is 6.21. The summed E-state index contributed by atoms with van der Waals surface area (Å²) in [6.45, 7) is 1.08. The first-order valence-electron chi connectivity index (χ1n) is 8.35. The summed E-state index contributed by atoms with van der Waals surface area (Å²) in [5, 5.41) is 21.4. The van der Waals surface area contributed by atoms with Crippen LogP contribution >= 0.6 is 0 Å². The first-order valence-corrected chi connectivity index (χ1v) is 8.35. The van der Waals surface area contributed by atoms with E-state index in [1.165, 1.54) is 35.9 Å². The molecule has 9 heteroatoms. The van der Waals surface area contributed by atoms with Crippen LogP contribution in [0.4, 0.5) is 5.82 Å². The minimum absolute atomic E-state index is 0.0640. The Morgan fingerprint density at radius 3 is 2.48 bits per heavy atom. The molecule has 2 aromatic rings. The Morgan fingerprint density at radius 2 is 1.93 bits per heavy atom. The highest BCUT2D eigenvalue weighted by atomic mass is 16.5. The van der Waals surface area contributed by atoms with Gasteiger partial charge in [0.05, 0.1) is 12.7 Å². The number of benzene rings is 1. The first-order chi connectivity index (χ1) is 12.9. The summed E-state index contributed by atoms with van der Waals surface area (Å²) < 4.78 is 6.61. The van der Waals surface area contributed by atoms with E-state index in [9.17, 15) is 19.5 Å². The first kappa shape index (κ1) is 18.9. The van der Waals surface area contributed by atoms with Crippen LogP contribution in [-0.2, 0) is 4.74 Å². The van der Waals surface area contributed by atoms with Crippen LogP contribution in [0.2, 0.25) is 0 Å². The van der Waals surface area contributed by atoms with Crippen molar-refractivity contribution in [2.24, 2.45) is 0 Å². The Balaban J connectivity index is 1.71. The molecule has 1 aromatic carbocycles. The second-order valence-corrected chi connectivity index (χ2v) is 6.21. The van der Waals surface area contributed by atoms with Gasteiger partial charge in [0.2, 0.25) is 0 Å². The van der Waals surface area contributed by atoms with Gasteiger partial charge in [0.25, 0.3) is 5.91 Å². The van der Waals surface area contributed by atoms with Gasteiger partial charge in [-0.2, -0.15) is 4.98 Å². The van der Waals surface area contributed by atoms with Gasteiger partial charge in [-0.05, 0) is 25.1 Å². The number of hydrogen-bond acceptors (Lipinski definition) is 7. The Bertz CT molecular complexity index is 908. The molecule has 0 bridgehead atoms. The maximum Gasteiger partial charge on any atom is 0.351 e. The Hall–Kier alpha value is -2.88. The summed E-state index contributed by atoms with van der Waals surface area (Å²) in [6, 6.07) is 7.54. The summed E-state index contributed by atoms with van der Waals surface area (Å²) >= 11 is 0. The second kappa shape index (κ2) is 7.78. The number of Topliss-reactive ketones (excluding diaryl/α,β-unsaturated/α-hetero) is 1. The molecule has 1 fully saturated rings. The smallest absolute Gasteiger partial charge is 0.351 e. The van der Waals surface area contributed by atoms with E-state index in [0.29, 0.717) is 11.1 Å². The molecule has 0 saturated carbocycles. The highest BCUT2D eigenvalue weighted by Gasteiger charge is 2.34. The van der Waals surface area contributed by atoms with Crippen molar-refractivity contribution in [1.82, 2.24) is 9.55 Å². The summed E-state index contributed by atoms with van der Waals surface area (Å²) in [7, 11) is 0. The number of carbonyl (C=O) groups excluding carboxylic acids is 2. The molecular weight excluding hydrogens is 354 g/mol. The average molecular weight is 373 g/mol. The zero-order valence-electron chi connectivity index (χ0n) is 14.5. The van der Waals surface area contributed by atoms with Gasteiger partial charge in [0.1, 0.15) is 18.1 Å². The highest BCUT2D eigenvalue weighted by Crippen LogP contribution is 2.27. The molecule has 1 aliphatic heterocycles. The molecule has 3 N–H and O–H groups in total. The van der Waals surface area contributed by atoms with Gasteiger partial charge < -0.3 is 20.3 Å². The van der Waals surface area contributed by atoms with Gasteiger partial charge in [0, 0.05) is 23.7 Å². The summed E-state index contributed by atoms with van der Waals surface area (Å²) in [5.41, 5.74) is 0.154. The summed E-state index contributed by atoms with van der Waals surface area (Å²) in [5.74, 6) is -0.508. The van der Waals surface area contributed by atoms with E-state index >= 15 is 0 Å². The van der Waals surface area contributed by atoms with E-state index in [4.69, 9.17) is 9.84 Å². The van der Waals surface area contributed by atoms with Gasteiger partial charge in [0.15, 0.2) is 5.78 Å². The van der Waals surface area contributed by atoms with Gasteiger partial charge in [-0.15, -0.1) is 0 Å². The van der Waals surface area contributed by atoms with Crippen LogP contribution in [0.5, 0.6) is 0 Å². The van der Waals surface area contributed by atoms with Crippen molar-refractivity contribution in [3.05, 3.63) is 58.1 Å². The van der Waals surface area contributed by atoms with Crippen LogP contribution in [0.1, 0.15) is 40.3 Å². The lowest BCUT2D eigenvalue weighted by Crippen LogP contribution is -2.28. The molecule has 3 atom stereocenters. The monoisotopic (exact) mass is 373 g/mol. The topological polar surface area (TPSA) is 131 Å². The average Bonchev–Trinajstić information content (AvgIpc) is 3.02. The molecule has 27 heavy (non-hydrogen) atoms. The number of hydrogen-bond donors (Lipinski definition) is 3. The van der Waals surface area contributed by atoms with Gasteiger partial charge in [-0.3, -0.25) is 14.2 Å². The molecule has 0 unspecified atom stereocenters. The van der Waals surface area contributed by atoms with Crippen molar-refractivity contribution >= 4 is 17.5 Å².